The molecule has 1 aliphatic heterocycles. The Kier molecular flexibility index (Phi) is 4.24. The summed E-state index contributed by atoms with van der Waals surface area (Å²) < 4.78 is 15.4. The highest BCUT2D eigenvalue weighted by Crippen LogP contribution is 2.28. The molecule has 1 aromatic carbocycles. The number of aliphatic hydroxyl groups excluding tert-OH is 3. The summed E-state index contributed by atoms with van der Waals surface area (Å²) in [7, 11) is 0. The Bertz CT molecular complexity index is 814. The molecule has 2 aromatic rings. The number of carbonyl (C=O) groups is 1. The van der Waals surface area contributed by atoms with Crippen molar-refractivity contribution in [1.82, 2.24) is 0 Å². The Balaban J connectivity index is 1.95. The van der Waals surface area contributed by atoms with Gasteiger partial charge in [-0.25, -0.2) is 9.59 Å². The van der Waals surface area contributed by atoms with E-state index in [1.807, 2.05) is 0 Å². The van der Waals surface area contributed by atoms with Gasteiger partial charge in [-0.2, -0.15) is 0 Å². The molecule has 9 nitrogen and oxygen atoms in total. The highest BCUT2D eigenvalue weighted by molar-refractivity contribution is 5.82. The third-order valence-corrected chi connectivity index (χ3v) is 3.67. The Morgan fingerprint density at radius 2 is 1.79 bits per heavy atom. The first-order chi connectivity index (χ1) is 11.4. The molecule has 24 heavy (non-hydrogen) atoms. The van der Waals surface area contributed by atoms with E-state index in [1.165, 1.54) is 6.07 Å². The summed E-state index contributed by atoms with van der Waals surface area (Å²) in [5.74, 6) is -1.54. The minimum Gasteiger partial charge on any atom is -0.479 e. The van der Waals surface area contributed by atoms with Gasteiger partial charge in [-0.15, -0.1) is 0 Å². The Morgan fingerprint density at radius 1 is 1.08 bits per heavy atom. The first kappa shape index (κ1) is 16.4. The van der Waals surface area contributed by atoms with E-state index in [9.17, 15) is 24.9 Å². The van der Waals surface area contributed by atoms with E-state index in [0.29, 0.717) is 5.39 Å². The molecular weight excluding hydrogens is 324 g/mol. The van der Waals surface area contributed by atoms with Gasteiger partial charge in [-0.3, -0.25) is 0 Å². The first-order valence-electron chi connectivity index (χ1n) is 7.00. The number of hydrogen-bond donors (Lipinski definition) is 4. The van der Waals surface area contributed by atoms with E-state index in [0.717, 1.165) is 6.07 Å². The quantitative estimate of drug-likeness (QED) is 0.521. The summed E-state index contributed by atoms with van der Waals surface area (Å²) in [6.45, 7) is 0. The third-order valence-electron chi connectivity index (χ3n) is 3.67. The van der Waals surface area contributed by atoms with Crippen molar-refractivity contribution in [2.45, 2.75) is 30.7 Å². The van der Waals surface area contributed by atoms with Crippen molar-refractivity contribution in [2.75, 3.05) is 0 Å². The van der Waals surface area contributed by atoms with E-state index in [1.54, 1.807) is 18.2 Å². The second-order valence-corrected chi connectivity index (χ2v) is 5.28. The monoisotopic (exact) mass is 338 g/mol. The van der Waals surface area contributed by atoms with Crippen molar-refractivity contribution in [1.29, 1.82) is 0 Å². The molecule has 2 heterocycles. The minimum atomic E-state index is -1.82. The van der Waals surface area contributed by atoms with Crippen molar-refractivity contribution >= 4 is 16.9 Å². The number of aliphatic hydroxyl groups is 3. The van der Waals surface area contributed by atoms with Gasteiger partial charge in [0.25, 0.3) is 0 Å². The van der Waals surface area contributed by atoms with Gasteiger partial charge in [0.2, 0.25) is 6.29 Å². The van der Waals surface area contributed by atoms with Gasteiger partial charge >= 0.3 is 11.6 Å². The first-order valence-corrected chi connectivity index (χ1v) is 7.00. The zero-order valence-corrected chi connectivity index (χ0v) is 12.1. The summed E-state index contributed by atoms with van der Waals surface area (Å²) >= 11 is 0. The number of carboxylic acid groups (broad SMARTS) is 1. The van der Waals surface area contributed by atoms with Crippen LogP contribution in [-0.2, 0) is 9.53 Å². The van der Waals surface area contributed by atoms with Crippen LogP contribution in [0.5, 0.6) is 5.75 Å². The summed E-state index contributed by atoms with van der Waals surface area (Å²) in [5, 5.41) is 38.8. The normalized spacial score (nSPS) is 30.2. The smallest absolute Gasteiger partial charge is 0.339 e. The fourth-order valence-corrected chi connectivity index (χ4v) is 2.45. The molecule has 4 N–H and O–H groups in total. The van der Waals surface area contributed by atoms with E-state index in [-0.39, 0.29) is 11.3 Å². The van der Waals surface area contributed by atoms with Gasteiger partial charge < -0.3 is 34.3 Å². The molecule has 0 bridgehead atoms. The molecule has 1 aliphatic rings. The maximum absolute atomic E-state index is 11.6. The molecule has 0 unspecified atom stereocenters. The molecule has 3 rings (SSSR count). The van der Waals surface area contributed by atoms with Crippen LogP contribution in [0.3, 0.4) is 0 Å². The number of ether oxygens (including phenoxy) is 2. The molecule has 0 aliphatic carbocycles. The molecule has 0 saturated carbocycles. The number of rotatable bonds is 3. The van der Waals surface area contributed by atoms with Crippen LogP contribution in [0, 0.1) is 0 Å². The summed E-state index contributed by atoms with van der Waals surface area (Å²) in [6.07, 6.45) is -8.73. The van der Waals surface area contributed by atoms with Crippen molar-refractivity contribution in [2.24, 2.45) is 0 Å². The number of para-hydroxylation sites is 1. The summed E-state index contributed by atoms with van der Waals surface area (Å²) in [5.41, 5.74) is -0.495. The average molecular weight is 338 g/mol. The van der Waals surface area contributed by atoms with Crippen LogP contribution in [0.15, 0.2) is 39.5 Å². The molecule has 9 heteroatoms. The molecule has 0 spiro atoms. The van der Waals surface area contributed by atoms with E-state index in [2.05, 4.69) is 0 Å². The van der Waals surface area contributed by atoms with Crippen molar-refractivity contribution in [3.05, 3.63) is 40.8 Å². The topological polar surface area (TPSA) is 147 Å². The fraction of sp³-hybridized carbons (Fsp3) is 0.333. The van der Waals surface area contributed by atoms with Crippen LogP contribution in [0.25, 0.3) is 11.0 Å². The lowest BCUT2D eigenvalue weighted by Gasteiger charge is -2.38. The predicted molar refractivity (Wildman–Crippen MR) is 77.4 cm³/mol. The lowest BCUT2D eigenvalue weighted by molar-refractivity contribution is -0.270. The van der Waals surface area contributed by atoms with Gasteiger partial charge in [0.05, 0.1) is 11.5 Å². The highest BCUT2D eigenvalue weighted by atomic mass is 16.7. The van der Waals surface area contributed by atoms with Crippen molar-refractivity contribution in [3.63, 3.8) is 0 Å². The molecule has 1 aromatic heterocycles. The van der Waals surface area contributed by atoms with Crippen LogP contribution in [-0.4, -0.2) is 57.1 Å². The summed E-state index contributed by atoms with van der Waals surface area (Å²) in [6, 6.07) is 7.42. The lowest BCUT2D eigenvalue weighted by atomic mass is 9.99. The molecular formula is C15H14O9. The van der Waals surface area contributed by atoms with Gasteiger partial charge in [0.1, 0.15) is 29.6 Å². The van der Waals surface area contributed by atoms with Gasteiger partial charge in [0, 0.05) is 0 Å². The average Bonchev–Trinajstić information content (AvgIpc) is 2.54. The van der Waals surface area contributed by atoms with E-state index < -0.39 is 42.3 Å². The van der Waals surface area contributed by atoms with Crippen molar-refractivity contribution in [3.8, 4) is 5.75 Å². The highest BCUT2D eigenvalue weighted by Gasteiger charge is 2.48. The number of fused-ring (bicyclic) bond motifs is 1. The van der Waals surface area contributed by atoms with E-state index in [4.69, 9.17) is 19.0 Å². The minimum absolute atomic E-state index is 0.0152. The molecule has 1 saturated heterocycles. The zero-order valence-electron chi connectivity index (χ0n) is 12.1. The third kappa shape index (κ3) is 2.85. The fourth-order valence-electron chi connectivity index (χ4n) is 2.45. The number of benzene rings is 1. The maximum Gasteiger partial charge on any atom is 0.339 e. The Morgan fingerprint density at radius 3 is 2.50 bits per heavy atom. The zero-order chi connectivity index (χ0) is 17.4. The van der Waals surface area contributed by atoms with Gasteiger partial charge in [-0.05, 0) is 12.1 Å². The Labute approximate surface area is 134 Å². The number of carboxylic acids is 1. The second kappa shape index (κ2) is 6.21. The summed E-state index contributed by atoms with van der Waals surface area (Å²) in [4.78, 5) is 22.7. The molecule has 128 valence electrons. The SMILES string of the molecule is O=C(O)[C@H]1O[C@@H](Oc2cc(=O)oc3ccccc23)[C@H](O)[C@@H](O)[C@@H]1O. The molecule has 5 atom stereocenters. The van der Waals surface area contributed by atoms with Crippen LogP contribution >= 0.6 is 0 Å². The molecule has 0 amide bonds. The standard InChI is InChI=1S/C15H14O9/c16-9-5-8(6-3-1-2-4-7(6)22-9)23-15-12(19)10(17)11(18)13(24-15)14(20)21/h1-5,10-13,15,17-19H,(H,20,21)/t10-,11-,12+,13-,15+/m0/s1. The lowest BCUT2D eigenvalue weighted by Crippen LogP contribution is -2.61. The van der Waals surface area contributed by atoms with Crippen LogP contribution in [0.2, 0.25) is 0 Å². The van der Waals surface area contributed by atoms with Gasteiger partial charge in [-0.1, -0.05) is 12.1 Å². The van der Waals surface area contributed by atoms with Gasteiger partial charge in [0.15, 0.2) is 6.10 Å². The van der Waals surface area contributed by atoms with Crippen LogP contribution < -0.4 is 10.4 Å². The largest absolute Gasteiger partial charge is 0.479 e. The molecule has 0 radical (unpaired) electrons. The van der Waals surface area contributed by atoms with Crippen LogP contribution in [0.1, 0.15) is 0 Å². The molecule has 1 fully saturated rings. The number of hydrogen-bond acceptors (Lipinski definition) is 8. The maximum atomic E-state index is 11.6. The Hall–Kier alpha value is -2.46. The van der Waals surface area contributed by atoms with Crippen molar-refractivity contribution < 1.29 is 39.1 Å². The van der Waals surface area contributed by atoms with Crippen LogP contribution in [0.4, 0.5) is 0 Å². The van der Waals surface area contributed by atoms with E-state index >= 15 is 0 Å². The number of aliphatic carboxylic acids is 1. The predicted octanol–water partition coefficient (Wildman–Crippen LogP) is -0.936. The second-order valence-electron chi connectivity index (χ2n) is 5.28.